The summed E-state index contributed by atoms with van der Waals surface area (Å²) in [4.78, 5) is 28.0. The summed E-state index contributed by atoms with van der Waals surface area (Å²) < 4.78 is 0. The lowest BCUT2D eigenvalue weighted by atomic mass is 9.81. The van der Waals surface area contributed by atoms with Gasteiger partial charge in [0.15, 0.2) is 5.65 Å². The molecule has 2 aliphatic heterocycles. The van der Waals surface area contributed by atoms with Gasteiger partial charge in [-0.3, -0.25) is 4.79 Å². The number of aromatic nitrogens is 3. The second-order valence-corrected chi connectivity index (χ2v) is 9.58. The van der Waals surface area contributed by atoms with Crippen molar-refractivity contribution in [2.75, 3.05) is 24.5 Å². The van der Waals surface area contributed by atoms with Gasteiger partial charge in [-0.25, -0.2) is 9.97 Å². The Morgan fingerprint density at radius 1 is 1.09 bits per heavy atom. The summed E-state index contributed by atoms with van der Waals surface area (Å²) in [5.74, 6) is 1.22. The van der Waals surface area contributed by atoms with E-state index in [0.29, 0.717) is 29.2 Å². The second kappa shape index (κ2) is 8.63. The fraction of sp³-hybridized carbons (Fsp3) is 0.370. The Hall–Kier alpha value is -3.61. The van der Waals surface area contributed by atoms with Crippen LogP contribution in [0.1, 0.15) is 49.4 Å². The molecule has 2 aromatic heterocycles. The van der Waals surface area contributed by atoms with Crippen LogP contribution in [0.5, 0.6) is 0 Å². The first-order valence-electron chi connectivity index (χ1n) is 12.3. The van der Waals surface area contributed by atoms with Crippen LogP contribution in [0.4, 0.5) is 5.69 Å². The summed E-state index contributed by atoms with van der Waals surface area (Å²) in [6.45, 7) is 4.95. The van der Waals surface area contributed by atoms with E-state index in [2.05, 4.69) is 67.8 Å². The van der Waals surface area contributed by atoms with Crippen LogP contribution < -0.4 is 15.5 Å². The summed E-state index contributed by atoms with van der Waals surface area (Å²) in [5, 5.41) is 6.61. The third-order valence-electron chi connectivity index (χ3n) is 7.38. The first-order chi connectivity index (χ1) is 16.7. The van der Waals surface area contributed by atoms with E-state index >= 15 is 0 Å². The number of amides is 1. The third-order valence-corrected chi connectivity index (χ3v) is 7.38. The van der Waals surface area contributed by atoms with Gasteiger partial charge in [-0.05, 0) is 80.5 Å². The highest BCUT2D eigenvalue weighted by atomic mass is 16.1. The number of rotatable bonds is 5. The molecule has 4 heterocycles. The average Bonchev–Trinajstić information content (AvgIpc) is 3.50. The number of carbonyl (C=O) groups is 1. The molecule has 0 bridgehead atoms. The normalized spacial score (nSPS) is 18.6. The van der Waals surface area contributed by atoms with Crippen molar-refractivity contribution in [1.82, 2.24) is 25.6 Å². The van der Waals surface area contributed by atoms with Gasteiger partial charge in [-0.2, -0.15) is 0 Å². The van der Waals surface area contributed by atoms with Crippen molar-refractivity contribution in [3.8, 4) is 11.4 Å². The summed E-state index contributed by atoms with van der Waals surface area (Å²) in [6.07, 6.45) is 10.2. The van der Waals surface area contributed by atoms with E-state index in [1.807, 2.05) is 0 Å². The van der Waals surface area contributed by atoms with Crippen LogP contribution in [-0.2, 0) is 0 Å². The largest absolute Gasteiger partial charge is 0.383 e. The van der Waals surface area contributed by atoms with E-state index in [9.17, 15) is 4.79 Å². The van der Waals surface area contributed by atoms with Crippen LogP contribution in [-0.4, -0.2) is 40.5 Å². The van der Waals surface area contributed by atoms with Gasteiger partial charge in [0.1, 0.15) is 5.82 Å². The van der Waals surface area contributed by atoms with E-state index in [1.165, 1.54) is 43.5 Å². The van der Waals surface area contributed by atoms with Gasteiger partial charge in [0.05, 0.1) is 17.6 Å². The number of H-pyrrole nitrogens is 1. The fourth-order valence-corrected chi connectivity index (χ4v) is 5.07. The van der Waals surface area contributed by atoms with Crippen molar-refractivity contribution in [3.63, 3.8) is 0 Å². The van der Waals surface area contributed by atoms with E-state index in [4.69, 9.17) is 0 Å². The Morgan fingerprint density at radius 3 is 2.59 bits per heavy atom. The molecule has 3 aliphatic rings. The smallest absolute Gasteiger partial charge is 0.257 e. The first-order valence-corrected chi connectivity index (χ1v) is 12.3. The van der Waals surface area contributed by atoms with Gasteiger partial charge >= 0.3 is 0 Å². The quantitative estimate of drug-likeness (QED) is 0.528. The number of carbonyl (C=O) groups excluding carboxylic acids is 1. The lowest BCUT2D eigenvalue weighted by molar-refractivity contribution is 0.0966. The number of allylic oxidation sites excluding steroid dienone is 3. The Morgan fingerprint density at radius 2 is 1.88 bits per heavy atom. The molecular formula is C27H30N6O. The number of pyridine rings is 1. The number of fused-ring (bicyclic) bond motifs is 1. The van der Waals surface area contributed by atoms with Gasteiger partial charge in [0.2, 0.25) is 0 Å². The molecule has 3 N–H and O–H groups in total. The number of dihydropyridines is 1. The van der Waals surface area contributed by atoms with Gasteiger partial charge in [0.25, 0.3) is 5.91 Å². The predicted molar refractivity (Wildman–Crippen MR) is 134 cm³/mol. The molecule has 1 amide bonds. The summed E-state index contributed by atoms with van der Waals surface area (Å²) in [6, 6.07) is 10.2. The zero-order valence-corrected chi connectivity index (χ0v) is 19.5. The van der Waals surface area contributed by atoms with Crippen LogP contribution in [0.25, 0.3) is 22.6 Å². The molecule has 7 nitrogen and oxygen atoms in total. The molecule has 7 heteroatoms. The van der Waals surface area contributed by atoms with E-state index in [-0.39, 0.29) is 5.91 Å². The topological polar surface area (TPSA) is 85.9 Å². The molecule has 174 valence electrons. The van der Waals surface area contributed by atoms with Crippen molar-refractivity contribution in [2.45, 2.75) is 39.0 Å². The maximum atomic E-state index is 13.2. The molecule has 6 rings (SSSR count). The minimum absolute atomic E-state index is 0.149. The Bertz CT molecular complexity index is 1290. The summed E-state index contributed by atoms with van der Waals surface area (Å²) >= 11 is 0. The fourth-order valence-electron chi connectivity index (χ4n) is 5.07. The number of nitrogens with zero attached hydrogens (tertiary/aromatic N) is 3. The zero-order valence-electron chi connectivity index (χ0n) is 19.5. The minimum Gasteiger partial charge on any atom is -0.383 e. The molecule has 0 unspecified atom stereocenters. The number of aromatic amines is 1. The molecule has 1 aliphatic carbocycles. The van der Waals surface area contributed by atoms with Crippen LogP contribution in [0.3, 0.4) is 0 Å². The highest BCUT2D eigenvalue weighted by Gasteiger charge is 2.25. The highest BCUT2D eigenvalue weighted by Crippen LogP contribution is 2.33. The SMILES string of the molecule is CC1=C(NC(=O)c2ccnc3nc(-c4ccc(N5CCCC5)cc4)[nH]c23)CNC(C2CCC2)=C1. The van der Waals surface area contributed by atoms with Crippen molar-refractivity contribution in [2.24, 2.45) is 5.92 Å². The number of benzene rings is 1. The molecule has 1 aromatic carbocycles. The third kappa shape index (κ3) is 3.85. The molecular weight excluding hydrogens is 424 g/mol. The van der Waals surface area contributed by atoms with Crippen molar-refractivity contribution in [3.05, 3.63) is 65.1 Å². The monoisotopic (exact) mass is 454 g/mol. The molecule has 3 aromatic rings. The lowest BCUT2D eigenvalue weighted by Crippen LogP contribution is -2.35. The van der Waals surface area contributed by atoms with E-state index in [1.54, 1.807) is 12.3 Å². The maximum absolute atomic E-state index is 13.2. The lowest BCUT2D eigenvalue weighted by Gasteiger charge is -2.32. The average molecular weight is 455 g/mol. The highest BCUT2D eigenvalue weighted by molar-refractivity contribution is 6.05. The maximum Gasteiger partial charge on any atom is 0.257 e. The molecule has 0 radical (unpaired) electrons. The number of imidazole rings is 1. The van der Waals surface area contributed by atoms with Crippen LogP contribution in [0.2, 0.25) is 0 Å². The van der Waals surface area contributed by atoms with Gasteiger partial charge in [0, 0.05) is 41.9 Å². The minimum atomic E-state index is -0.149. The summed E-state index contributed by atoms with van der Waals surface area (Å²) in [7, 11) is 0. The molecule has 0 atom stereocenters. The first kappa shape index (κ1) is 21.0. The van der Waals surface area contributed by atoms with E-state index < -0.39 is 0 Å². The zero-order chi connectivity index (χ0) is 23.1. The van der Waals surface area contributed by atoms with Gasteiger partial charge in [-0.1, -0.05) is 6.42 Å². The predicted octanol–water partition coefficient (Wildman–Crippen LogP) is 4.52. The Kier molecular flexibility index (Phi) is 5.32. The van der Waals surface area contributed by atoms with Crippen molar-refractivity contribution in [1.29, 1.82) is 0 Å². The van der Waals surface area contributed by atoms with Crippen molar-refractivity contribution >= 4 is 22.8 Å². The van der Waals surface area contributed by atoms with Crippen LogP contribution >= 0.6 is 0 Å². The van der Waals surface area contributed by atoms with Gasteiger partial charge in [-0.15, -0.1) is 0 Å². The number of hydrogen-bond donors (Lipinski definition) is 3. The molecule has 1 saturated carbocycles. The Balaban J connectivity index is 1.24. The van der Waals surface area contributed by atoms with Crippen LogP contribution in [0, 0.1) is 5.92 Å². The Labute approximate surface area is 199 Å². The molecule has 0 spiro atoms. The molecule has 2 fully saturated rings. The van der Waals surface area contributed by atoms with Crippen LogP contribution in [0.15, 0.2) is 59.6 Å². The molecule has 1 saturated heterocycles. The van der Waals surface area contributed by atoms with E-state index in [0.717, 1.165) is 35.7 Å². The number of hydrogen-bond acceptors (Lipinski definition) is 5. The summed E-state index contributed by atoms with van der Waals surface area (Å²) in [5.41, 5.74) is 7.31. The second-order valence-electron chi connectivity index (χ2n) is 9.58. The molecule has 34 heavy (non-hydrogen) atoms. The number of nitrogens with one attached hydrogen (secondary N) is 3. The van der Waals surface area contributed by atoms with Gasteiger partial charge < -0.3 is 20.5 Å². The van der Waals surface area contributed by atoms with Crippen molar-refractivity contribution < 1.29 is 4.79 Å². The standard InChI is InChI=1S/C27H30N6O/c1-17-15-22(18-5-4-6-18)29-16-23(17)30-27(34)21-11-12-28-26-24(21)31-25(32-26)19-7-9-20(10-8-19)33-13-2-3-14-33/h7-12,15,18,29H,2-6,13-14,16H2,1H3,(H,30,34)(H,28,31,32). The number of anilines is 1.